The molecule has 1 aromatic carbocycles. The summed E-state index contributed by atoms with van der Waals surface area (Å²) in [5.41, 5.74) is 0.567. The van der Waals surface area contributed by atoms with Crippen molar-refractivity contribution < 1.29 is 19.0 Å². The van der Waals surface area contributed by atoms with Gasteiger partial charge in [0.05, 0.1) is 25.9 Å². The highest BCUT2D eigenvalue weighted by molar-refractivity contribution is 5.94. The Morgan fingerprint density at radius 2 is 2.11 bits per heavy atom. The van der Waals surface area contributed by atoms with E-state index in [9.17, 15) is 4.79 Å². The number of rotatable bonds is 10. The van der Waals surface area contributed by atoms with Crippen LogP contribution in [0.4, 0.5) is 0 Å². The van der Waals surface area contributed by atoms with E-state index in [-0.39, 0.29) is 12.0 Å². The van der Waals surface area contributed by atoms with Gasteiger partial charge in [0, 0.05) is 31.7 Å². The molecule has 0 bridgehead atoms. The summed E-state index contributed by atoms with van der Waals surface area (Å²) >= 11 is 0. The summed E-state index contributed by atoms with van der Waals surface area (Å²) in [6, 6.07) is 5.32. The number of carbonyl (C=O) groups excluding carboxylic acids is 1. The van der Waals surface area contributed by atoms with E-state index in [0.29, 0.717) is 49.3 Å². The minimum absolute atomic E-state index is 0.0278. The topological polar surface area (TPSA) is 60.0 Å². The summed E-state index contributed by atoms with van der Waals surface area (Å²) in [6.07, 6.45) is 0.947. The van der Waals surface area contributed by atoms with Crippen molar-refractivity contribution in [2.75, 3.05) is 46.0 Å². The quantitative estimate of drug-likeness (QED) is 0.678. The van der Waals surface area contributed by atoms with E-state index in [1.54, 1.807) is 18.2 Å². The lowest BCUT2D eigenvalue weighted by molar-refractivity contribution is -0.0295. The third-order valence-corrected chi connectivity index (χ3v) is 4.30. The average Bonchev–Trinajstić information content (AvgIpc) is 2.65. The maximum absolute atomic E-state index is 12.6. The van der Waals surface area contributed by atoms with E-state index in [1.807, 2.05) is 6.92 Å². The fraction of sp³-hybridized carbons (Fsp3) is 0.667. The Balaban J connectivity index is 1.92. The van der Waals surface area contributed by atoms with Gasteiger partial charge in [0.2, 0.25) is 0 Å². The summed E-state index contributed by atoms with van der Waals surface area (Å²) in [5.74, 6) is 1.79. The normalized spacial score (nSPS) is 17.7. The fourth-order valence-electron chi connectivity index (χ4n) is 3.14. The monoisotopic (exact) mass is 378 g/mol. The second-order valence-electron chi connectivity index (χ2n) is 7.30. The van der Waals surface area contributed by atoms with Gasteiger partial charge in [0.1, 0.15) is 0 Å². The number of nitrogens with zero attached hydrogens (tertiary/aromatic N) is 1. The molecule has 1 atom stereocenters. The molecule has 1 unspecified atom stereocenters. The Kier molecular flexibility index (Phi) is 8.88. The van der Waals surface area contributed by atoms with Crippen molar-refractivity contribution in [3.05, 3.63) is 23.8 Å². The van der Waals surface area contributed by atoms with Crippen LogP contribution in [0.25, 0.3) is 0 Å². The van der Waals surface area contributed by atoms with Gasteiger partial charge in [0.25, 0.3) is 5.91 Å². The predicted molar refractivity (Wildman–Crippen MR) is 107 cm³/mol. The van der Waals surface area contributed by atoms with Crippen molar-refractivity contribution in [3.8, 4) is 11.5 Å². The standard InChI is InChI=1S/C21H34N2O4/c1-5-10-27-19-8-7-17(12-20(19)25-6-2)21(24)22-13-18-15-23(9-11-26-18)14-16(3)4/h7-8,12,16,18H,5-6,9-11,13-15H2,1-4H3,(H,22,24). The molecule has 0 aromatic heterocycles. The molecule has 1 heterocycles. The van der Waals surface area contributed by atoms with Gasteiger partial charge in [-0.15, -0.1) is 0 Å². The lowest BCUT2D eigenvalue weighted by atomic mass is 10.1. The molecule has 6 nitrogen and oxygen atoms in total. The molecular formula is C21H34N2O4. The first-order chi connectivity index (χ1) is 13.0. The van der Waals surface area contributed by atoms with Gasteiger partial charge in [-0.2, -0.15) is 0 Å². The van der Waals surface area contributed by atoms with Crippen LogP contribution in [-0.2, 0) is 4.74 Å². The van der Waals surface area contributed by atoms with Gasteiger partial charge in [-0.3, -0.25) is 9.69 Å². The maximum atomic E-state index is 12.6. The molecule has 0 saturated carbocycles. The van der Waals surface area contributed by atoms with Crippen LogP contribution in [-0.4, -0.2) is 62.9 Å². The maximum Gasteiger partial charge on any atom is 0.251 e. The number of hydrogen-bond donors (Lipinski definition) is 1. The van der Waals surface area contributed by atoms with E-state index >= 15 is 0 Å². The largest absolute Gasteiger partial charge is 0.490 e. The van der Waals surface area contributed by atoms with Crippen LogP contribution in [0.5, 0.6) is 11.5 Å². The SMILES string of the molecule is CCCOc1ccc(C(=O)NCC2CN(CC(C)C)CCO2)cc1OCC. The van der Waals surface area contributed by atoms with Gasteiger partial charge in [-0.05, 0) is 37.5 Å². The van der Waals surface area contributed by atoms with Crippen LogP contribution in [0.2, 0.25) is 0 Å². The minimum Gasteiger partial charge on any atom is -0.490 e. The van der Waals surface area contributed by atoms with E-state index in [1.165, 1.54) is 0 Å². The molecule has 152 valence electrons. The lowest BCUT2D eigenvalue weighted by Gasteiger charge is -2.33. The van der Waals surface area contributed by atoms with Crippen molar-refractivity contribution in [1.82, 2.24) is 10.2 Å². The summed E-state index contributed by atoms with van der Waals surface area (Å²) in [6.45, 7) is 13.6. The van der Waals surface area contributed by atoms with Crippen molar-refractivity contribution in [2.45, 2.75) is 40.2 Å². The zero-order valence-electron chi connectivity index (χ0n) is 17.1. The molecule has 27 heavy (non-hydrogen) atoms. The summed E-state index contributed by atoms with van der Waals surface area (Å²) in [5, 5.41) is 2.99. The number of nitrogens with one attached hydrogen (secondary N) is 1. The van der Waals surface area contributed by atoms with Crippen molar-refractivity contribution >= 4 is 5.91 Å². The Hall–Kier alpha value is -1.79. The van der Waals surface area contributed by atoms with Crippen molar-refractivity contribution in [2.24, 2.45) is 5.92 Å². The first-order valence-corrected chi connectivity index (χ1v) is 10.0. The highest BCUT2D eigenvalue weighted by Gasteiger charge is 2.22. The molecule has 0 spiro atoms. The molecule has 1 amide bonds. The number of ether oxygens (including phenoxy) is 3. The Morgan fingerprint density at radius 1 is 1.30 bits per heavy atom. The first kappa shape index (κ1) is 21.5. The van der Waals surface area contributed by atoms with E-state index in [2.05, 4.69) is 31.0 Å². The third kappa shape index (κ3) is 7.03. The molecule has 1 aliphatic rings. The predicted octanol–water partition coefficient (Wildman–Crippen LogP) is 2.96. The highest BCUT2D eigenvalue weighted by Crippen LogP contribution is 2.28. The summed E-state index contributed by atoms with van der Waals surface area (Å²) in [7, 11) is 0. The Bertz CT molecular complexity index is 592. The molecule has 1 N–H and O–H groups in total. The van der Waals surface area contributed by atoms with Crippen LogP contribution in [0.1, 0.15) is 44.5 Å². The molecule has 0 aliphatic carbocycles. The molecule has 1 saturated heterocycles. The summed E-state index contributed by atoms with van der Waals surface area (Å²) < 4.78 is 17.1. The van der Waals surface area contributed by atoms with Crippen LogP contribution < -0.4 is 14.8 Å². The molecule has 0 radical (unpaired) electrons. The van der Waals surface area contributed by atoms with E-state index in [4.69, 9.17) is 14.2 Å². The van der Waals surface area contributed by atoms with Crippen molar-refractivity contribution in [1.29, 1.82) is 0 Å². The third-order valence-electron chi connectivity index (χ3n) is 4.30. The van der Waals surface area contributed by atoms with Gasteiger partial charge >= 0.3 is 0 Å². The van der Waals surface area contributed by atoms with Crippen molar-refractivity contribution in [3.63, 3.8) is 0 Å². The smallest absolute Gasteiger partial charge is 0.251 e. The van der Waals surface area contributed by atoms with Crippen LogP contribution in [0, 0.1) is 5.92 Å². The highest BCUT2D eigenvalue weighted by atomic mass is 16.5. The van der Waals surface area contributed by atoms with E-state index < -0.39 is 0 Å². The van der Waals surface area contributed by atoms with Gasteiger partial charge in [0.15, 0.2) is 11.5 Å². The van der Waals surface area contributed by atoms with Crippen LogP contribution in [0.15, 0.2) is 18.2 Å². The first-order valence-electron chi connectivity index (χ1n) is 10.0. The Morgan fingerprint density at radius 3 is 2.81 bits per heavy atom. The van der Waals surface area contributed by atoms with Gasteiger partial charge < -0.3 is 19.5 Å². The second kappa shape index (κ2) is 11.1. The molecular weight excluding hydrogens is 344 g/mol. The molecule has 1 aliphatic heterocycles. The molecule has 2 rings (SSSR count). The average molecular weight is 379 g/mol. The van der Waals surface area contributed by atoms with E-state index in [0.717, 1.165) is 26.1 Å². The number of morpholine rings is 1. The van der Waals surface area contributed by atoms with Crippen LogP contribution in [0.3, 0.4) is 0 Å². The zero-order chi connectivity index (χ0) is 19.6. The second-order valence-corrected chi connectivity index (χ2v) is 7.30. The van der Waals surface area contributed by atoms with Gasteiger partial charge in [-0.25, -0.2) is 0 Å². The number of benzene rings is 1. The molecule has 1 aromatic rings. The van der Waals surface area contributed by atoms with Crippen LogP contribution >= 0.6 is 0 Å². The molecule has 1 fully saturated rings. The number of amides is 1. The number of hydrogen-bond acceptors (Lipinski definition) is 5. The lowest BCUT2D eigenvalue weighted by Crippen LogP contribution is -2.48. The molecule has 6 heteroatoms. The Labute approximate surface area is 163 Å². The number of carbonyl (C=O) groups is 1. The summed E-state index contributed by atoms with van der Waals surface area (Å²) in [4.78, 5) is 15.0. The minimum atomic E-state index is -0.123. The van der Waals surface area contributed by atoms with Gasteiger partial charge in [-0.1, -0.05) is 20.8 Å². The fourth-order valence-corrected chi connectivity index (χ4v) is 3.14. The zero-order valence-corrected chi connectivity index (χ0v) is 17.1.